The lowest BCUT2D eigenvalue weighted by Crippen LogP contribution is -2.32. The van der Waals surface area contributed by atoms with Gasteiger partial charge in [0.1, 0.15) is 0 Å². The molecule has 0 amide bonds. The second-order valence-corrected chi connectivity index (χ2v) is 5.53. The maximum absolute atomic E-state index is 4.35. The summed E-state index contributed by atoms with van der Waals surface area (Å²) in [6, 6.07) is 10.7. The van der Waals surface area contributed by atoms with Crippen LogP contribution in [0.15, 0.2) is 42.7 Å². The van der Waals surface area contributed by atoms with Crippen molar-refractivity contribution in [1.29, 1.82) is 0 Å². The molecule has 0 aliphatic heterocycles. The summed E-state index contributed by atoms with van der Waals surface area (Å²) < 4.78 is 1.97. The fraction of sp³-hybridized carbons (Fsp3) is 0.421. The minimum atomic E-state index is 0.509. The van der Waals surface area contributed by atoms with E-state index in [1.54, 1.807) is 0 Å². The van der Waals surface area contributed by atoms with Gasteiger partial charge in [-0.3, -0.25) is 9.58 Å². The molecule has 0 bridgehead atoms. The van der Waals surface area contributed by atoms with E-state index in [0.29, 0.717) is 6.04 Å². The zero-order valence-electron chi connectivity index (χ0n) is 13.8. The van der Waals surface area contributed by atoms with Gasteiger partial charge in [-0.25, -0.2) is 0 Å². The molecule has 0 aliphatic carbocycles. The Balaban J connectivity index is 2.02. The molecule has 0 spiro atoms. The Morgan fingerprint density at radius 2 is 2.00 bits per heavy atom. The van der Waals surface area contributed by atoms with Crippen molar-refractivity contribution in [1.82, 2.24) is 14.7 Å². The SMILES string of the molecule is CC[C@@H](C)N(CC#Cc1ccccc1)Cc1cnn(CC)c1. The zero-order valence-corrected chi connectivity index (χ0v) is 13.8. The molecule has 1 aromatic carbocycles. The molecular weight excluding hydrogens is 270 g/mol. The van der Waals surface area contributed by atoms with E-state index in [1.165, 1.54) is 5.56 Å². The lowest BCUT2D eigenvalue weighted by atomic mass is 10.2. The van der Waals surface area contributed by atoms with Crippen LogP contribution in [0.4, 0.5) is 0 Å². The van der Waals surface area contributed by atoms with Gasteiger partial charge in [0.25, 0.3) is 0 Å². The van der Waals surface area contributed by atoms with Gasteiger partial charge >= 0.3 is 0 Å². The van der Waals surface area contributed by atoms with E-state index in [2.05, 4.69) is 48.8 Å². The summed E-state index contributed by atoms with van der Waals surface area (Å²) in [5.41, 5.74) is 2.33. The van der Waals surface area contributed by atoms with Crippen molar-refractivity contribution in [3.05, 3.63) is 53.9 Å². The van der Waals surface area contributed by atoms with Crippen LogP contribution in [0.25, 0.3) is 0 Å². The maximum atomic E-state index is 4.35. The third-order valence-electron chi connectivity index (χ3n) is 3.90. The molecular formula is C19H25N3. The van der Waals surface area contributed by atoms with E-state index < -0.39 is 0 Å². The lowest BCUT2D eigenvalue weighted by Gasteiger charge is -2.25. The number of benzene rings is 1. The minimum Gasteiger partial charge on any atom is -0.285 e. The van der Waals surface area contributed by atoms with Gasteiger partial charge in [-0.1, -0.05) is 37.0 Å². The summed E-state index contributed by atoms with van der Waals surface area (Å²) in [5.74, 6) is 6.55. The second kappa shape index (κ2) is 8.41. The molecule has 0 radical (unpaired) electrons. The standard InChI is InChI=1S/C19H25N3/c1-4-17(3)21(15-19-14-20-22(5-2)16-19)13-9-12-18-10-7-6-8-11-18/h6-8,10-11,14,16-17H,4-5,13,15H2,1-3H3/t17-/m1/s1. The first-order valence-electron chi connectivity index (χ1n) is 8.02. The van der Waals surface area contributed by atoms with Crippen LogP contribution < -0.4 is 0 Å². The van der Waals surface area contributed by atoms with E-state index in [0.717, 1.165) is 31.6 Å². The first kappa shape index (κ1) is 16.3. The van der Waals surface area contributed by atoms with Crippen LogP contribution in [-0.4, -0.2) is 27.3 Å². The Kier molecular flexibility index (Phi) is 6.24. The average molecular weight is 295 g/mol. The van der Waals surface area contributed by atoms with Crippen LogP contribution in [0.1, 0.15) is 38.3 Å². The minimum absolute atomic E-state index is 0.509. The largest absolute Gasteiger partial charge is 0.285 e. The lowest BCUT2D eigenvalue weighted by molar-refractivity contribution is 0.221. The number of hydrogen-bond donors (Lipinski definition) is 0. The first-order chi connectivity index (χ1) is 10.7. The number of aryl methyl sites for hydroxylation is 1. The summed E-state index contributed by atoms with van der Waals surface area (Å²) in [5, 5.41) is 4.35. The van der Waals surface area contributed by atoms with Crippen molar-refractivity contribution < 1.29 is 0 Å². The van der Waals surface area contributed by atoms with Crippen LogP contribution in [0.2, 0.25) is 0 Å². The second-order valence-electron chi connectivity index (χ2n) is 5.53. The Morgan fingerprint density at radius 1 is 1.23 bits per heavy atom. The summed E-state index contributed by atoms with van der Waals surface area (Å²) >= 11 is 0. The molecule has 0 fully saturated rings. The normalized spacial score (nSPS) is 12.0. The molecule has 1 heterocycles. The van der Waals surface area contributed by atoms with Gasteiger partial charge in [0.2, 0.25) is 0 Å². The fourth-order valence-electron chi connectivity index (χ4n) is 2.29. The maximum Gasteiger partial charge on any atom is 0.0610 e. The van der Waals surface area contributed by atoms with Gasteiger partial charge in [0.05, 0.1) is 12.7 Å². The van der Waals surface area contributed by atoms with E-state index in [-0.39, 0.29) is 0 Å². The monoisotopic (exact) mass is 295 g/mol. The third-order valence-corrected chi connectivity index (χ3v) is 3.90. The number of nitrogens with zero attached hydrogens (tertiary/aromatic N) is 3. The fourth-order valence-corrected chi connectivity index (χ4v) is 2.29. The first-order valence-corrected chi connectivity index (χ1v) is 8.02. The summed E-state index contributed by atoms with van der Waals surface area (Å²) in [6.07, 6.45) is 5.21. The topological polar surface area (TPSA) is 21.1 Å². The average Bonchev–Trinajstić information content (AvgIpc) is 3.02. The van der Waals surface area contributed by atoms with Gasteiger partial charge in [-0.15, -0.1) is 0 Å². The predicted octanol–water partition coefficient (Wildman–Crippen LogP) is 3.56. The van der Waals surface area contributed by atoms with Gasteiger partial charge in [-0.2, -0.15) is 5.10 Å². The number of rotatable bonds is 6. The third kappa shape index (κ3) is 4.75. The van der Waals surface area contributed by atoms with Crippen molar-refractivity contribution in [3.8, 4) is 11.8 Å². The van der Waals surface area contributed by atoms with Gasteiger partial charge < -0.3 is 0 Å². The summed E-state index contributed by atoms with van der Waals surface area (Å²) in [6.45, 7) is 9.18. The van der Waals surface area contributed by atoms with Crippen LogP contribution in [0, 0.1) is 11.8 Å². The van der Waals surface area contributed by atoms with Crippen LogP contribution in [0.5, 0.6) is 0 Å². The van der Waals surface area contributed by atoms with E-state index in [4.69, 9.17) is 0 Å². The van der Waals surface area contributed by atoms with Crippen molar-refractivity contribution in [2.45, 2.75) is 46.3 Å². The highest BCUT2D eigenvalue weighted by molar-refractivity contribution is 5.33. The quantitative estimate of drug-likeness (QED) is 0.760. The molecule has 2 rings (SSSR count). The molecule has 0 unspecified atom stereocenters. The highest BCUT2D eigenvalue weighted by Crippen LogP contribution is 2.10. The molecule has 3 heteroatoms. The summed E-state index contributed by atoms with van der Waals surface area (Å²) in [7, 11) is 0. The van der Waals surface area contributed by atoms with E-state index >= 15 is 0 Å². The van der Waals surface area contributed by atoms with Crippen LogP contribution in [-0.2, 0) is 13.1 Å². The Labute approximate surface area is 134 Å². The molecule has 1 atom stereocenters. The highest BCUT2D eigenvalue weighted by atomic mass is 15.3. The molecule has 0 saturated carbocycles. The molecule has 22 heavy (non-hydrogen) atoms. The Morgan fingerprint density at radius 3 is 2.64 bits per heavy atom. The smallest absolute Gasteiger partial charge is 0.0610 e. The molecule has 116 valence electrons. The van der Waals surface area contributed by atoms with Crippen molar-refractivity contribution in [2.75, 3.05) is 6.54 Å². The van der Waals surface area contributed by atoms with Crippen molar-refractivity contribution >= 4 is 0 Å². The number of hydrogen-bond acceptors (Lipinski definition) is 2. The molecule has 2 aromatic rings. The van der Waals surface area contributed by atoms with Gasteiger partial charge in [0, 0.05) is 36.5 Å². The van der Waals surface area contributed by atoms with Crippen LogP contribution in [0.3, 0.4) is 0 Å². The van der Waals surface area contributed by atoms with E-state index in [1.807, 2.05) is 41.2 Å². The highest BCUT2D eigenvalue weighted by Gasteiger charge is 2.12. The Hall–Kier alpha value is -2.05. The Bertz CT molecular complexity index is 619. The number of aromatic nitrogens is 2. The molecule has 0 aliphatic rings. The van der Waals surface area contributed by atoms with Gasteiger partial charge in [0.15, 0.2) is 0 Å². The molecule has 1 aromatic heterocycles. The summed E-state index contributed by atoms with van der Waals surface area (Å²) in [4.78, 5) is 2.41. The van der Waals surface area contributed by atoms with Crippen LogP contribution >= 0.6 is 0 Å². The zero-order chi connectivity index (χ0) is 15.8. The van der Waals surface area contributed by atoms with Crippen molar-refractivity contribution in [2.24, 2.45) is 0 Å². The molecule has 0 saturated heterocycles. The predicted molar refractivity (Wildman–Crippen MR) is 91.4 cm³/mol. The van der Waals surface area contributed by atoms with Gasteiger partial charge in [-0.05, 0) is 32.4 Å². The molecule has 0 N–H and O–H groups in total. The molecule has 3 nitrogen and oxygen atoms in total. The van der Waals surface area contributed by atoms with Crippen molar-refractivity contribution in [3.63, 3.8) is 0 Å². The van der Waals surface area contributed by atoms with E-state index in [9.17, 15) is 0 Å².